The van der Waals surface area contributed by atoms with Crippen molar-refractivity contribution in [3.63, 3.8) is 0 Å². The predicted octanol–water partition coefficient (Wildman–Crippen LogP) is 5.62. The molecule has 0 amide bonds. The molecule has 2 aromatic carbocycles. The summed E-state index contributed by atoms with van der Waals surface area (Å²) in [6.07, 6.45) is 7.19. The molecule has 2 atom stereocenters. The van der Waals surface area contributed by atoms with Crippen LogP contribution in [0.25, 0.3) is 11.1 Å². The summed E-state index contributed by atoms with van der Waals surface area (Å²) in [5.74, 6) is 0.807. The first-order valence-corrected chi connectivity index (χ1v) is 13.1. The van der Waals surface area contributed by atoms with Crippen molar-refractivity contribution in [2.75, 3.05) is 40.8 Å². The lowest BCUT2D eigenvalue weighted by atomic mass is 9.78. The Labute approximate surface area is 209 Å². The zero-order chi connectivity index (χ0) is 24.5. The van der Waals surface area contributed by atoms with E-state index in [1.807, 2.05) is 6.07 Å². The fourth-order valence-corrected chi connectivity index (χ4v) is 6.31. The molecule has 1 heterocycles. The monoisotopic (exact) mass is 474 g/mol. The fourth-order valence-electron chi connectivity index (χ4n) is 6.31. The van der Waals surface area contributed by atoms with Crippen molar-refractivity contribution in [3.8, 4) is 5.75 Å². The summed E-state index contributed by atoms with van der Waals surface area (Å²) in [4.78, 5) is 16.6. The topological polar surface area (TPSA) is 53.0 Å². The van der Waals surface area contributed by atoms with Crippen molar-refractivity contribution in [2.24, 2.45) is 5.92 Å². The number of hydrogen-bond donors (Lipinski definition) is 1. The molecule has 2 aromatic rings. The van der Waals surface area contributed by atoms with Crippen LogP contribution in [0.5, 0.6) is 5.75 Å². The Bertz CT molecular complexity index is 1120. The van der Waals surface area contributed by atoms with Gasteiger partial charge in [0.05, 0.1) is 5.56 Å². The van der Waals surface area contributed by atoms with Crippen LogP contribution in [0.2, 0.25) is 0 Å². The molecule has 1 unspecified atom stereocenters. The number of likely N-dealkylation sites (N-methyl/N-ethyl adjacent to an activating group) is 2. The summed E-state index contributed by atoms with van der Waals surface area (Å²) < 4.78 is 6.49. The molecular formula is C30H38N2O3. The predicted molar refractivity (Wildman–Crippen MR) is 141 cm³/mol. The van der Waals surface area contributed by atoms with Crippen LogP contribution >= 0.6 is 0 Å². The number of aromatic carboxylic acids is 1. The minimum absolute atomic E-state index is 0.179. The van der Waals surface area contributed by atoms with Gasteiger partial charge in [0.1, 0.15) is 12.4 Å². The molecule has 5 heteroatoms. The highest BCUT2D eigenvalue weighted by molar-refractivity contribution is 6.02. The number of benzene rings is 2. The van der Waals surface area contributed by atoms with Crippen molar-refractivity contribution < 1.29 is 14.6 Å². The quantitative estimate of drug-likeness (QED) is 0.589. The van der Waals surface area contributed by atoms with Crippen LogP contribution < -0.4 is 4.74 Å². The molecular weight excluding hydrogens is 436 g/mol. The molecule has 3 aliphatic rings. The zero-order valence-electron chi connectivity index (χ0n) is 21.3. The van der Waals surface area contributed by atoms with Gasteiger partial charge in [-0.05, 0) is 86.8 Å². The number of hydrogen-bond acceptors (Lipinski definition) is 4. The Morgan fingerprint density at radius 2 is 1.74 bits per heavy atom. The van der Waals surface area contributed by atoms with Gasteiger partial charge in [0.15, 0.2) is 0 Å². The second-order valence-electron chi connectivity index (χ2n) is 10.8. The normalized spacial score (nSPS) is 22.3. The summed E-state index contributed by atoms with van der Waals surface area (Å²) in [6, 6.07) is 14.6. The second kappa shape index (κ2) is 10.2. The van der Waals surface area contributed by atoms with Crippen molar-refractivity contribution >= 4 is 17.1 Å². The zero-order valence-corrected chi connectivity index (χ0v) is 21.3. The van der Waals surface area contributed by atoms with Crippen molar-refractivity contribution in [2.45, 2.75) is 50.5 Å². The Morgan fingerprint density at radius 3 is 2.49 bits per heavy atom. The third-order valence-electron chi connectivity index (χ3n) is 8.26. The lowest BCUT2D eigenvalue weighted by Gasteiger charge is -2.35. The van der Waals surface area contributed by atoms with Crippen molar-refractivity contribution in [3.05, 3.63) is 64.7 Å². The van der Waals surface area contributed by atoms with Gasteiger partial charge in [0, 0.05) is 30.6 Å². The van der Waals surface area contributed by atoms with Gasteiger partial charge >= 0.3 is 5.97 Å². The first kappa shape index (κ1) is 24.1. The SMILES string of the molecule is CN(C)CCN(C)[C@H]1COc2ccccc2C2=C(C3CCCCC3)c3ccc(C(=O)O)cc3C2C1. The van der Waals surface area contributed by atoms with E-state index in [-0.39, 0.29) is 12.0 Å². The number of fused-ring (bicyclic) bond motifs is 5. The third kappa shape index (κ3) is 4.76. The maximum absolute atomic E-state index is 11.9. The molecule has 5 rings (SSSR count). The first-order valence-electron chi connectivity index (χ1n) is 13.1. The molecule has 0 aromatic heterocycles. The Kier molecular flexibility index (Phi) is 6.99. The maximum atomic E-state index is 11.9. The Hall–Kier alpha value is -2.63. The average Bonchev–Trinajstić information content (AvgIpc) is 3.16. The number of allylic oxidation sites excluding steroid dienone is 2. The number of para-hydroxylation sites is 1. The van der Waals surface area contributed by atoms with Crippen LogP contribution in [0.3, 0.4) is 0 Å². The summed E-state index contributed by atoms with van der Waals surface area (Å²) in [7, 11) is 6.41. The number of carbonyl (C=O) groups is 1. The van der Waals surface area contributed by atoms with Gasteiger partial charge in [0.2, 0.25) is 0 Å². The van der Waals surface area contributed by atoms with E-state index in [0.717, 1.165) is 25.3 Å². The fraction of sp³-hybridized carbons (Fsp3) is 0.500. The number of rotatable bonds is 6. The summed E-state index contributed by atoms with van der Waals surface area (Å²) >= 11 is 0. The lowest BCUT2D eigenvalue weighted by Crippen LogP contribution is -2.41. The van der Waals surface area contributed by atoms with E-state index in [9.17, 15) is 9.90 Å². The van der Waals surface area contributed by atoms with E-state index in [2.05, 4.69) is 61.3 Å². The average molecular weight is 475 g/mol. The van der Waals surface area contributed by atoms with Crippen LogP contribution in [0.1, 0.15) is 71.5 Å². The highest BCUT2D eigenvalue weighted by Gasteiger charge is 2.40. The molecule has 0 spiro atoms. The van der Waals surface area contributed by atoms with Gasteiger partial charge in [0.25, 0.3) is 0 Å². The van der Waals surface area contributed by atoms with Gasteiger partial charge in [-0.2, -0.15) is 0 Å². The molecule has 1 aliphatic heterocycles. The summed E-state index contributed by atoms with van der Waals surface area (Å²) in [6.45, 7) is 2.59. The standard InChI is InChI=1S/C30H38N2O3/c1-31(2)15-16-32(3)22-18-26-25-17-21(30(33)34)13-14-23(25)28(20-9-5-4-6-10-20)29(26)24-11-7-8-12-27(24)35-19-22/h7-8,11-14,17,20,22,26H,4-6,9-10,15-16,18-19H2,1-3H3,(H,33,34)/t22-,26?/m1/s1. The number of carboxylic acid groups (broad SMARTS) is 1. The van der Waals surface area contributed by atoms with E-state index < -0.39 is 5.97 Å². The lowest BCUT2D eigenvalue weighted by molar-refractivity contribution is 0.0696. The van der Waals surface area contributed by atoms with Crippen LogP contribution in [-0.4, -0.2) is 67.8 Å². The van der Waals surface area contributed by atoms with Gasteiger partial charge in [-0.15, -0.1) is 0 Å². The molecule has 186 valence electrons. The van der Waals surface area contributed by atoms with E-state index in [0.29, 0.717) is 18.1 Å². The van der Waals surface area contributed by atoms with Crippen molar-refractivity contribution in [1.29, 1.82) is 0 Å². The minimum Gasteiger partial charge on any atom is -0.491 e. The molecule has 1 N–H and O–H groups in total. The minimum atomic E-state index is -0.852. The van der Waals surface area contributed by atoms with Gasteiger partial charge in [-0.25, -0.2) is 4.79 Å². The molecule has 35 heavy (non-hydrogen) atoms. The molecule has 0 bridgehead atoms. The van der Waals surface area contributed by atoms with E-state index >= 15 is 0 Å². The molecule has 2 aliphatic carbocycles. The molecule has 5 nitrogen and oxygen atoms in total. The molecule has 1 saturated carbocycles. The number of ether oxygens (including phenoxy) is 1. The second-order valence-corrected chi connectivity index (χ2v) is 10.8. The molecule has 1 fully saturated rings. The van der Waals surface area contributed by atoms with Gasteiger partial charge < -0.3 is 14.7 Å². The van der Waals surface area contributed by atoms with Crippen LogP contribution in [0.4, 0.5) is 0 Å². The number of nitrogens with zero attached hydrogens (tertiary/aromatic N) is 2. The van der Waals surface area contributed by atoms with E-state index in [1.165, 1.54) is 59.9 Å². The Balaban J connectivity index is 1.65. The highest BCUT2D eigenvalue weighted by atomic mass is 16.5. The first-order chi connectivity index (χ1) is 16.9. The highest BCUT2D eigenvalue weighted by Crippen LogP contribution is 2.56. The van der Waals surface area contributed by atoms with Crippen LogP contribution in [-0.2, 0) is 0 Å². The number of carboxylic acids is 1. The van der Waals surface area contributed by atoms with Gasteiger partial charge in [-0.3, -0.25) is 4.90 Å². The smallest absolute Gasteiger partial charge is 0.335 e. The summed E-state index contributed by atoms with van der Waals surface area (Å²) in [5, 5.41) is 9.80. The van der Waals surface area contributed by atoms with Crippen molar-refractivity contribution in [1.82, 2.24) is 9.80 Å². The Morgan fingerprint density at radius 1 is 0.971 bits per heavy atom. The molecule has 0 radical (unpaired) electrons. The third-order valence-corrected chi connectivity index (χ3v) is 8.26. The van der Waals surface area contributed by atoms with Crippen LogP contribution in [0.15, 0.2) is 42.5 Å². The maximum Gasteiger partial charge on any atom is 0.335 e. The largest absolute Gasteiger partial charge is 0.491 e. The van der Waals surface area contributed by atoms with Crippen LogP contribution in [0, 0.1) is 5.92 Å². The summed E-state index contributed by atoms with van der Waals surface area (Å²) in [5.41, 5.74) is 6.89. The molecule has 0 saturated heterocycles. The van der Waals surface area contributed by atoms with E-state index in [1.54, 1.807) is 6.07 Å². The van der Waals surface area contributed by atoms with Gasteiger partial charge in [-0.1, -0.05) is 43.5 Å². The van der Waals surface area contributed by atoms with E-state index in [4.69, 9.17) is 4.74 Å².